The number of nitrogens with zero attached hydrogens (tertiary/aromatic N) is 5. The Kier molecular flexibility index (Phi) is 14.4. The van der Waals surface area contributed by atoms with E-state index in [1.165, 1.54) is 5.69 Å². The third kappa shape index (κ3) is 10.8. The number of hydrogen-bond acceptors (Lipinski definition) is 11. The van der Waals surface area contributed by atoms with Crippen molar-refractivity contribution in [2.75, 3.05) is 32.9 Å². The fourth-order valence-electron chi connectivity index (χ4n) is 9.15. The molecule has 0 atom stereocenters. The van der Waals surface area contributed by atoms with Crippen LogP contribution in [0.25, 0.3) is 44.5 Å². The molecule has 358 valence electrons. The van der Waals surface area contributed by atoms with Gasteiger partial charge in [-0.1, -0.05) is 54.1 Å². The van der Waals surface area contributed by atoms with Gasteiger partial charge in [0.15, 0.2) is 11.5 Å². The number of ether oxygens (including phenoxy) is 5. The van der Waals surface area contributed by atoms with Gasteiger partial charge in [-0.3, -0.25) is 19.4 Å². The molecule has 0 unspecified atom stereocenters. The molecule has 3 aromatic heterocycles. The highest BCUT2D eigenvalue weighted by molar-refractivity contribution is 6.32. The SMILES string of the molecule is Cc1c(COc2cc(OCc3cccc(C#N)c3)c(CNCCCC(=O)NCCOc3ccc4c(-c5c(-c6ccccn6)nn6c5CCC6)ccnc4c3)cc2Cl)cccc1-c1ccc2c(c1)OCCO2. The monoisotopic (exact) mass is 965 g/mol. The first-order valence-corrected chi connectivity index (χ1v) is 24.3. The summed E-state index contributed by atoms with van der Waals surface area (Å²) in [6, 6.07) is 39.2. The molecule has 0 fully saturated rings. The van der Waals surface area contributed by atoms with Crippen molar-refractivity contribution < 1.29 is 28.5 Å². The van der Waals surface area contributed by atoms with E-state index in [0.29, 0.717) is 80.1 Å². The molecule has 71 heavy (non-hydrogen) atoms. The van der Waals surface area contributed by atoms with Crippen LogP contribution in [0.5, 0.6) is 28.7 Å². The molecule has 2 aliphatic heterocycles. The molecule has 10 rings (SSSR count). The minimum absolute atomic E-state index is 0.0575. The minimum Gasteiger partial charge on any atom is -0.492 e. The van der Waals surface area contributed by atoms with E-state index in [9.17, 15) is 10.1 Å². The number of pyridine rings is 2. The van der Waals surface area contributed by atoms with Crippen LogP contribution < -0.4 is 34.3 Å². The molecule has 5 heterocycles. The Morgan fingerprint density at radius 3 is 2.59 bits per heavy atom. The van der Waals surface area contributed by atoms with Gasteiger partial charge in [-0.05, 0) is 127 Å². The van der Waals surface area contributed by atoms with Crippen molar-refractivity contribution in [1.29, 1.82) is 5.26 Å². The number of hydrogen-bond donors (Lipinski definition) is 2. The molecule has 13 nitrogen and oxygen atoms in total. The number of aryl methyl sites for hydroxylation is 1. The molecule has 14 heteroatoms. The summed E-state index contributed by atoms with van der Waals surface area (Å²) in [5.41, 5.74) is 12.4. The second-order valence-corrected chi connectivity index (χ2v) is 17.9. The minimum atomic E-state index is -0.0575. The molecule has 5 aromatic carbocycles. The highest BCUT2D eigenvalue weighted by Crippen LogP contribution is 2.41. The summed E-state index contributed by atoms with van der Waals surface area (Å²) < 4.78 is 32.5. The van der Waals surface area contributed by atoms with Crippen LogP contribution in [0.15, 0.2) is 128 Å². The molecule has 0 saturated heterocycles. The fourth-order valence-corrected chi connectivity index (χ4v) is 9.39. The number of carbonyl (C=O) groups is 1. The van der Waals surface area contributed by atoms with E-state index >= 15 is 0 Å². The van der Waals surface area contributed by atoms with Crippen LogP contribution in [0.2, 0.25) is 5.02 Å². The van der Waals surface area contributed by atoms with Crippen molar-refractivity contribution in [2.45, 2.75) is 58.9 Å². The van der Waals surface area contributed by atoms with Gasteiger partial charge in [0.05, 0.1) is 34.4 Å². The zero-order valence-electron chi connectivity index (χ0n) is 39.4. The van der Waals surface area contributed by atoms with Gasteiger partial charge in [0.2, 0.25) is 5.91 Å². The summed E-state index contributed by atoms with van der Waals surface area (Å²) in [5, 5.41) is 22.3. The summed E-state index contributed by atoms with van der Waals surface area (Å²) >= 11 is 6.89. The highest BCUT2D eigenvalue weighted by atomic mass is 35.5. The molecule has 0 spiro atoms. The van der Waals surface area contributed by atoms with Crippen molar-refractivity contribution in [3.63, 3.8) is 0 Å². The molecular formula is C57H52ClN7O6. The number of fused-ring (bicyclic) bond motifs is 3. The number of carbonyl (C=O) groups excluding carboxylic acids is 1. The van der Waals surface area contributed by atoms with Gasteiger partial charge in [-0.15, -0.1) is 0 Å². The van der Waals surface area contributed by atoms with E-state index in [1.807, 2.05) is 103 Å². The molecule has 0 radical (unpaired) electrons. The Bertz CT molecular complexity index is 3260. The summed E-state index contributed by atoms with van der Waals surface area (Å²) in [7, 11) is 0. The average molecular weight is 967 g/mol. The standard InChI is InChI=1S/C57H52ClN7O6/c1-37-41(10-5-11-44(37)40-15-18-51-54(30-40)69-27-26-68-51)36-71-53-32-52(70-35-39-9-4-8-38(28-39)33-59)42(29-47(53)58)34-60-20-6-14-55(66)63-23-25-67-43-16-17-45-46(19-22-62-49(45)31-43)56-50-13-7-24-65(50)64-57(56)48-12-2-3-21-61-48/h2-5,8-12,15-19,21-22,28-32,60H,6-7,13-14,20,23-27,34-36H2,1H3,(H,63,66). The number of nitrogens with one attached hydrogen (secondary N) is 2. The zero-order chi connectivity index (χ0) is 48.5. The van der Waals surface area contributed by atoms with Gasteiger partial charge in [0.25, 0.3) is 0 Å². The topological polar surface area (TPSA) is 155 Å². The van der Waals surface area contributed by atoms with Crippen LogP contribution >= 0.6 is 11.6 Å². The number of benzene rings is 5. The highest BCUT2D eigenvalue weighted by Gasteiger charge is 2.26. The first kappa shape index (κ1) is 46.8. The molecule has 8 aromatic rings. The van der Waals surface area contributed by atoms with Gasteiger partial charge in [0.1, 0.15) is 56.0 Å². The van der Waals surface area contributed by atoms with Gasteiger partial charge >= 0.3 is 0 Å². The molecule has 1 amide bonds. The second kappa shape index (κ2) is 21.8. The normalized spacial score (nSPS) is 12.6. The Morgan fingerprint density at radius 1 is 0.817 bits per heavy atom. The molecule has 0 bridgehead atoms. The third-order valence-electron chi connectivity index (χ3n) is 12.7. The second-order valence-electron chi connectivity index (χ2n) is 17.5. The predicted octanol–water partition coefficient (Wildman–Crippen LogP) is 10.6. The van der Waals surface area contributed by atoms with E-state index in [1.54, 1.807) is 12.3 Å². The van der Waals surface area contributed by atoms with Crippen molar-refractivity contribution in [3.8, 4) is 68.5 Å². The Labute approximate surface area is 417 Å². The molecular weight excluding hydrogens is 914 g/mol. The van der Waals surface area contributed by atoms with Crippen LogP contribution in [0.1, 0.15) is 52.8 Å². The van der Waals surface area contributed by atoms with E-state index in [0.717, 1.165) is 97.7 Å². The van der Waals surface area contributed by atoms with Crippen LogP contribution in [0.3, 0.4) is 0 Å². The Balaban J connectivity index is 0.724. The summed E-state index contributed by atoms with van der Waals surface area (Å²) in [4.78, 5) is 22.2. The van der Waals surface area contributed by atoms with E-state index in [-0.39, 0.29) is 19.1 Å². The van der Waals surface area contributed by atoms with Crippen molar-refractivity contribution in [1.82, 2.24) is 30.4 Å². The molecule has 2 aliphatic rings. The largest absolute Gasteiger partial charge is 0.492 e. The van der Waals surface area contributed by atoms with Gasteiger partial charge in [0, 0.05) is 66.2 Å². The van der Waals surface area contributed by atoms with Crippen LogP contribution in [0.4, 0.5) is 0 Å². The lowest BCUT2D eigenvalue weighted by Crippen LogP contribution is -2.28. The number of rotatable bonds is 19. The van der Waals surface area contributed by atoms with Gasteiger partial charge < -0.3 is 34.3 Å². The van der Waals surface area contributed by atoms with Gasteiger partial charge in [-0.25, -0.2) is 0 Å². The third-order valence-corrected chi connectivity index (χ3v) is 13.0. The Morgan fingerprint density at radius 2 is 1.70 bits per heavy atom. The first-order chi connectivity index (χ1) is 34.9. The number of nitriles is 1. The van der Waals surface area contributed by atoms with Crippen LogP contribution in [0, 0.1) is 18.3 Å². The van der Waals surface area contributed by atoms with Crippen molar-refractivity contribution >= 4 is 28.4 Å². The van der Waals surface area contributed by atoms with Gasteiger partial charge in [-0.2, -0.15) is 10.4 Å². The van der Waals surface area contributed by atoms with E-state index in [4.69, 9.17) is 40.4 Å². The van der Waals surface area contributed by atoms with Crippen molar-refractivity contribution in [3.05, 3.63) is 166 Å². The summed E-state index contributed by atoms with van der Waals surface area (Å²) in [6.07, 6.45) is 6.62. The van der Waals surface area contributed by atoms with E-state index in [2.05, 4.69) is 50.4 Å². The lowest BCUT2D eigenvalue weighted by molar-refractivity contribution is -0.121. The maximum absolute atomic E-state index is 12.9. The smallest absolute Gasteiger partial charge is 0.220 e. The molecule has 2 N–H and O–H groups in total. The quantitative estimate of drug-likeness (QED) is 0.0744. The number of amides is 1. The lowest BCUT2D eigenvalue weighted by atomic mass is 9.96. The molecule has 0 saturated carbocycles. The first-order valence-electron chi connectivity index (χ1n) is 23.9. The predicted molar refractivity (Wildman–Crippen MR) is 273 cm³/mol. The molecule has 0 aliphatic carbocycles. The maximum atomic E-state index is 12.9. The van der Waals surface area contributed by atoms with Crippen molar-refractivity contribution in [2.24, 2.45) is 0 Å². The summed E-state index contributed by atoms with van der Waals surface area (Å²) in [6.45, 7) is 6.27. The lowest BCUT2D eigenvalue weighted by Gasteiger charge is -2.20. The number of aromatic nitrogens is 4. The number of halogens is 1. The average Bonchev–Trinajstić information content (AvgIpc) is 4.02. The summed E-state index contributed by atoms with van der Waals surface area (Å²) in [5.74, 6) is 3.19. The maximum Gasteiger partial charge on any atom is 0.220 e. The van der Waals surface area contributed by atoms with E-state index < -0.39 is 0 Å². The fraction of sp³-hybridized carbons (Fsp3) is 0.246. The zero-order valence-corrected chi connectivity index (χ0v) is 40.1. The van der Waals surface area contributed by atoms with Crippen LogP contribution in [-0.2, 0) is 37.5 Å². The Hall–Kier alpha value is -7.92. The van der Waals surface area contributed by atoms with Crippen LogP contribution in [-0.4, -0.2) is 58.6 Å².